The Balaban J connectivity index is 2.89. The van der Waals surface area contributed by atoms with Crippen LogP contribution in [0.25, 0.3) is 0 Å². The molecule has 0 spiro atoms. The lowest BCUT2D eigenvalue weighted by atomic mass is 9.86. The summed E-state index contributed by atoms with van der Waals surface area (Å²) in [6.45, 7) is 5.64. The predicted molar refractivity (Wildman–Crippen MR) is 75.0 cm³/mol. The van der Waals surface area contributed by atoms with E-state index in [1.165, 1.54) is 0 Å². The smallest absolute Gasteiger partial charge is 0.237 e. The largest absolute Gasteiger partial charge is 0.392 e. The van der Waals surface area contributed by atoms with E-state index < -0.39 is 5.41 Å². The van der Waals surface area contributed by atoms with Gasteiger partial charge in [-0.15, -0.1) is 0 Å². The zero-order valence-electron chi connectivity index (χ0n) is 10.4. The number of hydrogen-bond donors (Lipinski definition) is 2. The Morgan fingerprint density at radius 3 is 2.65 bits per heavy atom. The van der Waals surface area contributed by atoms with E-state index >= 15 is 0 Å². The zero-order chi connectivity index (χ0) is 13.1. The molecule has 0 aliphatic heterocycles. The van der Waals surface area contributed by atoms with Crippen molar-refractivity contribution in [3.63, 3.8) is 0 Å². The summed E-state index contributed by atoms with van der Waals surface area (Å²) in [5.74, 6) is -0.155. The van der Waals surface area contributed by atoms with E-state index in [0.717, 1.165) is 11.3 Å². The molecule has 0 aromatic heterocycles. The summed E-state index contributed by atoms with van der Waals surface area (Å²) in [4.78, 5) is 12.4. The van der Waals surface area contributed by atoms with E-state index in [-0.39, 0.29) is 10.9 Å². The molecule has 0 saturated heterocycles. The van der Waals surface area contributed by atoms with Crippen molar-refractivity contribution in [1.82, 2.24) is 0 Å². The molecule has 0 aliphatic carbocycles. The second-order valence-electron chi connectivity index (χ2n) is 4.37. The van der Waals surface area contributed by atoms with Crippen molar-refractivity contribution < 1.29 is 4.79 Å². The van der Waals surface area contributed by atoms with Crippen molar-refractivity contribution in [1.29, 1.82) is 0 Å². The van der Waals surface area contributed by atoms with Gasteiger partial charge in [0.15, 0.2) is 0 Å². The van der Waals surface area contributed by atoms with Gasteiger partial charge in [0.1, 0.15) is 0 Å². The number of rotatable bonds is 4. The van der Waals surface area contributed by atoms with Gasteiger partial charge < -0.3 is 11.1 Å². The van der Waals surface area contributed by atoms with Crippen molar-refractivity contribution in [3.8, 4) is 0 Å². The molecule has 3 nitrogen and oxygen atoms in total. The molecule has 0 saturated carbocycles. The molecule has 1 aromatic carbocycles. The zero-order valence-corrected chi connectivity index (χ0v) is 11.2. The first kappa shape index (κ1) is 13.6. The summed E-state index contributed by atoms with van der Waals surface area (Å²) in [5, 5.41) is 2.85. The van der Waals surface area contributed by atoms with E-state index in [4.69, 9.17) is 18.0 Å². The quantitative estimate of drug-likeness (QED) is 0.808. The number of nitrogens with two attached hydrogens (primary N) is 1. The third-order valence-electron chi connectivity index (χ3n) is 3.03. The normalized spacial score (nSPS) is 13.8. The van der Waals surface area contributed by atoms with Crippen molar-refractivity contribution in [2.24, 2.45) is 11.1 Å². The van der Waals surface area contributed by atoms with Crippen molar-refractivity contribution in [2.45, 2.75) is 27.2 Å². The van der Waals surface area contributed by atoms with Crippen LogP contribution in [0.2, 0.25) is 0 Å². The van der Waals surface area contributed by atoms with Gasteiger partial charge in [0.25, 0.3) is 0 Å². The molecular weight excluding hydrogens is 232 g/mol. The number of thiocarbonyl (C=S) groups is 1. The molecule has 0 radical (unpaired) electrons. The first-order valence-electron chi connectivity index (χ1n) is 5.58. The highest BCUT2D eigenvalue weighted by Gasteiger charge is 2.34. The second kappa shape index (κ2) is 5.27. The Hall–Kier alpha value is -1.42. The standard InChI is InChI=1S/C13H18N2OS/c1-4-13(3,11(14)17)12(16)15-10-7-5-6-9(2)8-10/h5-8H,4H2,1-3H3,(H2,14,17)(H,15,16). The van der Waals surface area contributed by atoms with Crippen LogP contribution >= 0.6 is 12.2 Å². The lowest BCUT2D eigenvalue weighted by Crippen LogP contribution is -2.43. The highest BCUT2D eigenvalue weighted by molar-refractivity contribution is 7.80. The van der Waals surface area contributed by atoms with Crippen LogP contribution in [0.4, 0.5) is 5.69 Å². The molecule has 3 N–H and O–H groups in total. The fourth-order valence-corrected chi connectivity index (χ4v) is 1.68. The number of anilines is 1. The van der Waals surface area contributed by atoms with Gasteiger partial charge in [-0.2, -0.15) is 0 Å². The van der Waals surface area contributed by atoms with Crippen LogP contribution in [0.5, 0.6) is 0 Å². The number of carbonyl (C=O) groups is 1. The minimum atomic E-state index is -0.793. The Morgan fingerprint density at radius 1 is 1.53 bits per heavy atom. The number of nitrogens with one attached hydrogen (secondary N) is 1. The number of amides is 1. The predicted octanol–water partition coefficient (Wildman–Crippen LogP) is 2.64. The molecule has 17 heavy (non-hydrogen) atoms. The molecule has 1 amide bonds. The van der Waals surface area contributed by atoms with E-state index in [9.17, 15) is 4.79 Å². The third-order valence-corrected chi connectivity index (χ3v) is 3.48. The van der Waals surface area contributed by atoms with E-state index in [1.54, 1.807) is 6.92 Å². The summed E-state index contributed by atoms with van der Waals surface area (Å²) in [6.07, 6.45) is 0.583. The Bertz CT molecular complexity index is 445. The maximum atomic E-state index is 12.1. The van der Waals surface area contributed by atoms with E-state index in [1.807, 2.05) is 38.1 Å². The lowest BCUT2D eigenvalue weighted by Gasteiger charge is -2.25. The number of benzene rings is 1. The van der Waals surface area contributed by atoms with E-state index in [2.05, 4.69) is 5.32 Å². The molecular formula is C13H18N2OS. The highest BCUT2D eigenvalue weighted by Crippen LogP contribution is 2.24. The summed E-state index contributed by atoms with van der Waals surface area (Å²) >= 11 is 4.96. The average molecular weight is 250 g/mol. The van der Waals surface area contributed by atoms with Crippen molar-refractivity contribution >= 4 is 28.8 Å². The van der Waals surface area contributed by atoms with Crippen LogP contribution in [0.1, 0.15) is 25.8 Å². The first-order valence-corrected chi connectivity index (χ1v) is 5.99. The topological polar surface area (TPSA) is 55.1 Å². The van der Waals surface area contributed by atoms with Gasteiger partial charge in [-0.3, -0.25) is 4.79 Å². The van der Waals surface area contributed by atoms with Gasteiger partial charge in [0.2, 0.25) is 5.91 Å². The SMILES string of the molecule is CCC(C)(C(=O)Nc1cccc(C)c1)C(N)=S. The summed E-state index contributed by atoms with van der Waals surface area (Å²) < 4.78 is 0. The Labute approximate surface area is 107 Å². The lowest BCUT2D eigenvalue weighted by molar-refractivity contribution is -0.121. The van der Waals surface area contributed by atoms with Crippen LogP contribution < -0.4 is 11.1 Å². The van der Waals surface area contributed by atoms with Crippen LogP contribution in [0.15, 0.2) is 24.3 Å². The molecule has 0 aliphatic rings. The summed E-state index contributed by atoms with van der Waals surface area (Å²) in [6, 6.07) is 7.63. The van der Waals surface area contributed by atoms with Gasteiger partial charge >= 0.3 is 0 Å². The highest BCUT2D eigenvalue weighted by atomic mass is 32.1. The van der Waals surface area contributed by atoms with Gasteiger partial charge in [0.05, 0.1) is 10.4 Å². The number of hydrogen-bond acceptors (Lipinski definition) is 2. The van der Waals surface area contributed by atoms with Crippen LogP contribution in [-0.2, 0) is 4.79 Å². The van der Waals surface area contributed by atoms with Gasteiger partial charge in [-0.1, -0.05) is 31.3 Å². The number of carbonyl (C=O) groups excluding carboxylic acids is 1. The van der Waals surface area contributed by atoms with E-state index in [0.29, 0.717) is 6.42 Å². The van der Waals surface area contributed by atoms with Crippen molar-refractivity contribution in [2.75, 3.05) is 5.32 Å². The first-order chi connectivity index (χ1) is 7.90. The van der Waals surface area contributed by atoms with Crippen molar-refractivity contribution in [3.05, 3.63) is 29.8 Å². The van der Waals surface area contributed by atoms with Gasteiger partial charge in [0, 0.05) is 5.69 Å². The summed E-state index contributed by atoms with van der Waals surface area (Å²) in [7, 11) is 0. The molecule has 92 valence electrons. The molecule has 0 fully saturated rings. The van der Waals surface area contributed by atoms with Gasteiger partial charge in [-0.25, -0.2) is 0 Å². The molecule has 1 aromatic rings. The molecule has 0 heterocycles. The molecule has 1 atom stereocenters. The minimum absolute atomic E-state index is 0.155. The van der Waals surface area contributed by atoms with Crippen LogP contribution in [0.3, 0.4) is 0 Å². The number of aryl methyl sites for hydroxylation is 1. The second-order valence-corrected chi connectivity index (χ2v) is 4.81. The van der Waals surface area contributed by atoms with Gasteiger partial charge in [-0.05, 0) is 38.0 Å². The molecule has 0 bridgehead atoms. The fourth-order valence-electron chi connectivity index (χ4n) is 1.44. The molecule has 1 rings (SSSR count). The van der Waals surface area contributed by atoms with Crippen LogP contribution in [0, 0.1) is 12.3 Å². The fraction of sp³-hybridized carbons (Fsp3) is 0.385. The maximum absolute atomic E-state index is 12.1. The third kappa shape index (κ3) is 3.03. The van der Waals surface area contributed by atoms with Crippen LogP contribution in [-0.4, -0.2) is 10.9 Å². The molecule has 4 heteroatoms. The minimum Gasteiger partial charge on any atom is -0.392 e. The monoisotopic (exact) mass is 250 g/mol. The molecule has 1 unspecified atom stereocenters. The summed E-state index contributed by atoms with van der Waals surface area (Å²) in [5.41, 5.74) is 6.71. The maximum Gasteiger partial charge on any atom is 0.237 e. The Morgan fingerprint density at radius 2 is 2.18 bits per heavy atom. The average Bonchev–Trinajstić information content (AvgIpc) is 2.27. The Kier molecular flexibility index (Phi) is 4.23.